The number of carbonyl (C=O) groups excluding carboxylic acids is 1. The molecule has 3 N–H and O–H groups in total. The van der Waals surface area contributed by atoms with Gasteiger partial charge in [-0.1, -0.05) is 71.7 Å². The molecule has 0 aliphatic carbocycles. The number of benzene rings is 2. The molecule has 1 spiro atoms. The maximum Gasteiger partial charge on any atom is 0.220 e. The van der Waals surface area contributed by atoms with Gasteiger partial charge in [-0.3, -0.25) is 9.69 Å². The Balaban J connectivity index is 1.09. The van der Waals surface area contributed by atoms with Gasteiger partial charge in [0.1, 0.15) is 0 Å². The number of ether oxygens (including phenoxy) is 2. The maximum atomic E-state index is 11.7. The first kappa shape index (κ1) is 33.0. The van der Waals surface area contributed by atoms with Crippen LogP contribution in [0.3, 0.4) is 0 Å². The molecule has 0 unspecified atom stereocenters. The summed E-state index contributed by atoms with van der Waals surface area (Å²) in [6, 6.07) is 19.7. The minimum Gasteiger partial charge on any atom is -0.481 e. The van der Waals surface area contributed by atoms with E-state index in [0.717, 1.165) is 71.6 Å². The van der Waals surface area contributed by atoms with E-state index in [1.165, 1.54) is 0 Å². The molecule has 12 heteroatoms. The van der Waals surface area contributed by atoms with Crippen molar-refractivity contribution in [1.82, 2.24) is 35.5 Å². The fraction of sp³-hybridized carbons (Fsp3) is 0.297. The summed E-state index contributed by atoms with van der Waals surface area (Å²) in [6.45, 7) is 3.72. The van der Waals surface area contributed by atoms with Gasteiger partial charge in [-0.25, -0.2) is 15.0 Å². The highest BCUT2D eigenvalue weighted by Gasteiger charge is 2.47. The number of nitrogens with zero attached hydrogens (tertiary/aromatic N) is 4. The van der Waals surface area contributed by atoms with Crippen LogP contribution in [-0.4, -0.2) is 70.1 Å². The van der Waals surface area contributed by atoms with Crippen LogP contribution >= 0.6 is 23.2 Å². The number of hydrogen-bond acceptors (Lipinski definition) is 8. The van der Waals surface area contributed by atoms with Crippen LogP contribution < -0.4 is 20.1 Å². The van der Waals surface area contributed by atoms with Crippen molar-refractivity contribution in [2.24, 2.45) is 0 Å². The Labute approximate surface area is 295 Å². The Morgan fingerprint density at radius 3 is 2.04 bits per heavy atom. The zero-order valence-electron chi connectivity index (χ0n) is 27.4. The van der Waals surface area contributed by atoms with E-state index >= 15 is 0 Å². The van der Waals surface area contributed by atoms with Gasteiger partial charge in [-0.05, 0) is 18.6 Å². The number of methoxy groups -OCH3 is 2. The molecular weight excluding hydrogens is 661 g/mol. The number of aromatic amines is 1. The Bertz CT molecular complexity index is 1980. The van der Waals surface area contributed by atoms with Gasteiger partial charge in [0.05, 0.1) is 53.2 Å². The van der Waals surface area contributed by atoms with Crippen molar-refractivity contribution in [2.45, 2.75) is 37.9 Å². The molecule has 5 heterocycles. The maximum absolute atomic E-state index is 11.7. The Morgan fingerprint density at radius 1 is 0.857 bits per heavy atom. The molecule has 2 aromatic carbocycles. The molecule has 2 saturated heterocycles. The van der Waals surface area contributed by atoms with Crippen molar-refractivity contribution in [2.75, 3.05) is 33.9 Å². The van der Waals surface area contributed by atoms with Gasteiger partial charge in [0, 0.05) is 85.1 Å². The van der Waals surface area contributed by atoms with Crippen LogP contribution in [-0.2, 0) is 24.3 Å². The Hall–Kier alpha value is -4.48. The Morgan fingerprint density at radius 2 is 1.47 bits per heavy atom. The van der Waals surface area contributed by atoms with E-state index in [4.69, 9.17) is 42.6 Å². The van der Waals surface area contributed by atoms with E-state index in [1.54, 1.807) is 20.5 Å². The molecular formula is C37H37Cl2N7O3. The molecule has 0 atom stereocenters. The van der Waals surface area contributed by atoms with E-state index in [2.05, 4.69) is 25.5 Å². The summed E-state index contributed by atoms with van der Waals surface area (Å²) >= 11 is 14.2. The molecule has 2 aliphatic rings. The molecule has 0 saturated carbocycles. The summed E-state index contributed by atoms with van der Waals surface area (Å²) in [4.78, 5) is 30.9. The van der Waals surface area contributed by atoms with Crippen LogP contribution in [0.1, 0.15) is 29.7 Å². The van der Waals surface area contributed by atoms with Crippen LogP contribution in [0.5, 0.6) is 11.8 Å². The van der Waals surface area contributed by atoms with Gasteiger partial charge in [-0.15, -0.1) is 0 Å². The van der Waals surface area contributed by atoms with E-state index in [0.29, 0.717) is 52.7 Å². The monoisotopic (exact) mass is 697 g/mol. The number of aromatic nitrogens is 4. The molecule has 49 heavy (non-hydrogen) atoms. The Kier molecular flexibility index (Phi) is 9.55. The average molecular weight is 699 g/mol. The summed E-state index contributed by atoms with van der Waals surface area (Å²) < 4.78 is 11.4. The first-order valence-electron chi connectivity index (χ1n) is 16.2. The second kappa shape index (κ2) is 14.2. The van der Waals surface area contributed by atoms with Gasteiger partial charge in [0.15, 0.2) is 0 Å². The average Bonchev–Trinajstić information content (AvgIpc) is 3.77. The molecule has 0 radical (unpaired) electrons. The summed E-state index contributed by atoms with van der Waals surface area (Å²) in [5, 5.41) is 7.64. The second-order valence-corrected chi connectivity index (χ2v) is 13.3. The highest BCUT2D eigenvalue weighted by Crippen LogP contribution is 2.42. The number of likely N-dealkylation sites (tertiary alicyclic amines) is 1. The predicted molar refractivity (Wildman–Crippen MR) is 191 cm³/mol. The molecule has 3 aromatic heterocycles. The smallest absolute Gasteiger partial charge is 0.220 e. The fourth-order valence-corrected chi connectivity index (χ4v) is 7.41. The number of pyridine rings is 2. The first-order valence-corrected chi connectivity index (χ1v) is 17.0. The lowest BCUT2D eigenvalue weighted by atomic mass is 9.88. The summed E-state index contributed by atoms with van der Waals surface area (Å²) in [5.41, 5.74) is 7.36. The third-order valence-corrected chi connectivity index (χ3v) is 10.0. The normalized spacial score (nSPS) is 15.3. The van der Waals surface area contributed by atoms with Gasteiger partial charge in [0.2, 0.25) is 17.7 Å². The number of H-pyrrole nitrogens is 1. The molecule has 252 valence electrons. The summed E-state index contributed by atoms with van der Waals surface area (Å²) in [6.07, 6.45) is 5.90. The molecule has 1 amide bonds. The molecule has 2 aliphatic heterocycles. The summed E-state index contributed by atoms with van der Waals surface area (Å²) in [7, 11) is 3.25. The zero-order valence-corrected chi connectivity index (χ0v) is 28.9. The minimum atomic E-state index is -0.0748. The van der Waals surface area contributed by atoms with E-state index in [9.17, 15) is 4.79 Å². The lowest BCUT2D eigenvalue weighted by Crippen LogP contribution is -2.66. The predicted octanol–water partition coefficient (Wildman–Crippen LogP) is 6.32. The van der Waals surface area contributed by atoms with Crippen molar-refractivity contribution in [3.63, 3.8) is 0 Å². The van der Waals surface area contributed by atoms with Crippen LogP contribution in [0.25, 0.3) is 33.6 Å². The second-order valence-electron chi connectivity index (χ2n) is 12.5. The van der Waals surface area contributed by atoms with Crippen molar-refractivity contribution < 1.29 is 14.3 Å². The number of rotatable bonds is 12. The fourth-order valence-electron chi connectivity index (χ4n) is 6.76. The number of halogens is 2. The number of amides is 1. The molecule has 10 nitrogen and oxygen atoms in total. The van der Waals surface area contributed by atoms with E-state index in [-0.39, 0.29) is 11.4 Å². The van der Waals surface area contributed by atoms with Crippen molar-refractivity contribution in [3.05, 3.63) is 100 Å². The van der Waals surface area contributed by atoms with E-state index < -0.39 is 0 Å². The van der Waals surface area contributed by atoms with Crippen LogP contribution in [0.4, 0.5) is 0 Å². The lowest BCUT2D eigenvalue weighted by molar-refractivity contribution is -0.120. The number of imidazole rings is 1. The van der Waals surface area contributed by atoms with Gasteiger partial charge in [-0.2, -0.15) is 0 Å². The highest BCUT2D eigenvalue weighted by molar-refractivity contribution is 6.39. The molecule has 5 aromatic rings. The SMILES string of the molecule is COc1nc(-c2cccc(-c3cccc(-c4ccc(CN5CC6(CCC(=O)N6)C5)c(OC)n4)c3Cl)c2Cl)ccc1CNCCc1c[nH]cn1. The third kappa shape index (κ3) is 6.87. The third-order valence-electron chi connectivity index (χ3n) is 9.21. The van der Waals surface area contributed by atoms with Crippen LogP contribution in [0.15, 0.2) is 73.2 Å². The quantitative estimate of drug-likeness (QED) is 0.130. The molecule has 2 fully saturated rings. The number of nitrogens with one attached hydrogen (secondary N) is 3. The minimum absolute atomic E-state index is 0.0748. The topological polar surface area (TPSA) is 117 Å². The van der Waals surface area contributed by atoms with Crippen molar-refractivity contribution in [1.29, 1.82) is 0 Å². The van der Waals surface area contributed by atoms with Gasteiger partial charge >= 0.3 is 0 Å². The van der Waals surface area contributed by atoms with Crippen LogP contribution in [0.2, 0.25) is 10.0 Å². The number of carbonyl (C=O) groups is 1. The van der Waals surface area contributed by atoms with Crippen molar-refractivity contribution in [3.8, 4) is 45.4 Å². The van der Waals surface area contributed by atoms with Crippen molar-refractivity contribution >= 4 is 29.1 Å². The standard InChI is InChI=1S/C37H37Cl2N7O3/c1-48-35-23(17-40-16-14-25-18-41-22-42-25)9-11-30(43-35)28-7-3-5-26(33(28)38)27-6-4-8-29(34(27)39)31-12-10-24(36(44-31)49-2)19-46-20-37(21-46)15-13-32(47)45-37/h3-12,18,22,40H,13-17,19-21H2,1-2H3,(H,41,42)(H,45,47). The molecule has 0 bridgehead atoms. The number of hydrogen-bond donors (Lipinski definition) is 3. The zero-order chi connectivity index (χ0) is 34.0. The largest absolute Gasteiger partial charge is 0.481 e. The summed E-state index contributed by atoms with van der Waals surface area (Å²) in [5.74, 6) is 1.23. The lowest BCUT2D eigenvalue weighted by Gasteiger charge is -2.48. The first-order chi connectivity index (χ1) is 23.9. The van der Waals surface area contributed by atoms with Gasteiger partial charge in [0.25, 0.3) is 0 Å². The van der Waals surface area contributed by atoms with E-state index in [1.807, 2.05) is 66.9 Å². The highest BCUT2D eigenvalue weighted by atomic mass is 35.5. The molecule has 7 rings (SSSR count). The van der Waals surface area contributed by atoms with Gasteiger partial charge < -0.3 is 25.1 Å². The van der Waals surface area contributed by atoms with Crippen LogP contribution in [0, 0.1) is 0 Å².